The predicted molar refractivity (Wildman–Crippen MR) is 106 cm³/mol. The summed E-state index contributed by atoms with van der Waals surface area (Å²) in [6, 6.07) is 23.1. The lowest BCUT2D eigenvalue weighted by atomic mass is 10.0. The summed E-state index contributed by atoms with van der Waals surface area (Å²) in [4.78, 5) is 0. The van der Waals surface area contributed by atoms with Crippen LogP contribution >= 0.6 is 0 Å². The minimum atomic E-state index is -0.201. The third-order valence-electron chi connectivity index (χ3n) is 4.31. The highest BCUT2D eigenvalue weighted by atomic mass is 16.3. The van der Waals surface area contributed by atoms with Crippen molar-refractivity contribution in [3.05, 3.63) is 83.9 Å². The van der Waals surface area contributed by atoms with Crippen LogP contribution in [0.2, 0.25) is 0 Å². The van der Waals surface area contributed by atoms with Gasteiger partial charge in [-0.15, -0.1) is 0 Å². The molecular formula is C22H16N2O2. The van der Waals surface area contributed by atoms with E-state index in [1.807, 2.05) is 66.7 Å². The Morgan fingerprint density at radius 3 is 2.15 bits per heavy atom. The van der Waals surface area contributed by atoms with Crippen molar-refractivity contribution in [2.45, 2.75) is 0 Å². The SMILES string of the molecule is Oc1cc2ccccc2c(C=NN=Cc2cccc3ccccc23)c1O. The first kappa shape index (κ1) is 15.8. The molecule has 0 aliphatic heterocycles. The standard InChI is InChI=1S/C22H16N2O2/c25-21-12-16-7-2-4-11-19(16)20(22(21)26)14-24-23-13-17-9-5-8-15-6-1-3-10-18(15)17/h1-14,25-26H. The highest BCUT2D eigenvalue weighted by Crippen LogP contribution is 2.34. The van der Waals surface area contributed by atoms with E-state index in [-0.39, 0.29) is 11.5 Å². The quantitative estimate of drug-likeness (QED) is 0.318. The molecule has 126 valence electrons. The van der Waals surface area contributed by atoms with Gasteiger partial charge in [-0.1, -0.05) is 66.7 Å². The van der Waals surface area contributed by atoms with Crippen LogP contribution in [0.15, 0.2) is 83.0 Å². The van der Waals surface area contributed by atoms with Gasteiger partial charge in [-0.3, -0.25) is 0 Å². The molecule has 4 rings (SSSR count). The smallest absolute Gasteiger partial charge is 0.167 e. The Hall–Kier alpha value is -3.66. The number of benzene rings is 4. The van der Waals surface area contributed by atoms with Crippen molar-refractivity contribution in [3.63, 3.8) is 0 Å². The summed E-state index contributed by atoms with van der Waals surface area (Å²) in [6.07, 6.45) is 3.14. The Morgan fingerprint density at radius 1 is 0.654 bits per heavy atom. The van der Waals surface area contributed by atoms with E-state index in [2.05, 4.69) is 10.2 Å². The second kappa shape index (κ2) is 6.69. The fraction of sp³-hybridized carbons (Fsp3) is 0. The molecule has 0 saturated heterocycles. The van der Waals surface area contributed by atoms with E-state index in [1.165, 1.54) is 12.3 Å². The number of hydrogen-bond acceptors (Lipinski definition) is 4. The summed E-state index contributed by atoms with van der Waals surface area (Å²) in [7, 11) is 0. The Bertz CT molecular complexity index is 1160. The topological polar surface area (TPSA) is 65.2 Å². The van der Waals surface area contributed by atoms with E-state index < -0.39 is 0 Å². The van der Waals surface area contributed by atoms with Crippen molar-refractivity contribution in [1.82, 2.24) is 0 Å². The Morgan fingerprint density at radius 2 is 1.31 bits per heavy atom. The van der Waals surface area contributed by atoms with Gasteiger partial charge < -0.3 is 10.2 Å². The fourth-order valence-electron chi connectivity index (χ4n) is 3.03. The normalized spacial score (nSPS) is 11.8. The van der Waals surface area contributed by atoms with Crippen LogP contribution in [0, 0.1) is 0 Å². The first-order valence-electron chi connectivity index (χ1n) is 8.22. The number of nitrogens with zero attached hydrogens (tertiary/aromatic N) is 2. The zero-order valence-electron chi connectivity index (χ0n) is 13.9. The summed E-state index contributed by atoms with van der Waals surface area (Å²) in [5.41, 5.74) is 1.40. The average Bonchev–Trinajstić information content (AvgIpc) is 2.68. The van der Waals surface area contributed by atoms with Crippen molar-refractivity contribution in [1.29, 1.82) is 0 Å². The zero-order chi connectivity index (χ0) is 17.9. The third kappa shape index (κ3) is 2.89. The number of rotatable bonds is 3. The molecule has 0 radical (unpaired) electrons. The molecule has 0 amide bonds. The Labute approximate surface area is 150 Å². The van der Waals surface area contributed by atoms with Gasteiger partial charge in [-0.05, 0) is 27.6 Å². The molecule has 0 spiro atoms. The Balaban J connectivity index is 1.70. The van der Waals surface area contributed by atoms with Crippen molar-refractivity contribution in [2.24, 2.45) is 10.2 Å². The van der Waals surface area contributed by atoms with Gasteiger partial charge in [-0.2, -0.15) is 10.2 Å². The van der Waals surface area contributed by atoms with E-state index >= 15 is 0 Å². The van der Waals surface area contributed by atoms with E-state index in [9.17, 15) is 10.2 Å². The van der Waals surface area contributed by atoms with E-state index in [0.29, 0.717) is 5.56 Å². The summed E-state index contributed by atoms with van der Waals surface area (Å²) < 4.78 is 0. The van der Waals surface area contributed by atoms with Gasteiger partial charge in [0, 0.05) is 11.1 Å². The van der Waals surface area contributed by atoms with Crippen LogP contribution in [0.25, 0.3) is 21.5 Å². The molecule has 0 saturated carbocycles. The van der Waals surface area contributed by atoms with Crippen LogP contribution < -0.4 is 0 Å². The number of aromatic hydroxyl groups is 2. The molecule has 0 aromatic heterocycles. The predicted octanol–water partition coefficient (Wildman–Crippen LogP) is 4.86. The highest BCUT2D eigenvalue weighted by Gasteiger charge is 2.10. The van der Waals surface area contributed by atoms with Crippen molar-refractivity contribution >= 4 is 34.0 Å². The van der Waals surface area contributed by atoms with Gasteiger partial charge in [0.25, 0.3) is 0 Å². The molecule has 4 heteroatoms. The molecule has 2 N–H and O–H groups in total. The monoisotopic (exact) mass is 340 g/mol. The number of hydrogen-bond donors (Lipinski definition) is 2. The molecule has 0 bridgehead atoms. The molecule has 4 aromatic carbocycles. The molecule has 0 aliphatic carbocycles. The maximum atomic E-state index is 10.2. The fourth-order valence-corrected chi connectivity index (χ4v) is 3.03. The molecule has 0 aliphatic rings. The first-order chi connectivity index (χ1) is 12.7. The van der Waals surface area contributed by atoms with E-state index in [4.69, 9.17) is 0 Å². The maximum Gasteiger partial charge on any atom is 0.167 e. The summed E-state index contributed by atoms with van der Waals surface area (Å²) in [5, 5.41) is 32.1. The van der Waals surface area contributed by atoms with Crippen LogP contribution in [0.3, 0.4) is 0 Å². The number of phenols is 2. The van der Waals surface area contributed by atoms with Gasteiger partial charge in [0.1, 0.15) is 0 Å². The Kier molecular flexibility index (Phi) is 4.07. The maximum absolute atomic E-state index is 10.2. The first-order valence-corrected chi connectivity index (χ1v) is 8.22. The second-order valence-corrected chi connectivity index (χ2v) is 5.94. The summed E-state index contributed by atoms with van der Waals surface area (Å²) >= 11 is 0. The summed E-state index contributed by atoms with van der Waals surface area (Å²) in [5.74, 6) is -0.379. The lowest BCUT2D eigenvalue weighted by Crippen LogP contribution is -1.87. The molecule has 0 unspecified atom stereocenters. The van der Waals surface area contributed by atoms with Crippen molar-refractivity contribution in [2.75, 3.05) is 0 Å². The van der Waals surface area contributed by atoms with E-state index in [1.54, 1.807) is 6.21 Å². The third-order valence-corrected chi connectivity index (χ3v) is 4.31. The van der Waals surface area contributed by atoms with Gasteiger partial charge in [0.05, 0.1) is 12.4 Å². The molecule has 4 nitrogen and oxygen atoms in total. The molecular weight excluding hydrogens is 324 g/mol. The van der Waals surface area contributed by atoms with Crippen LogP contribution in [0.5, 0.6) is 11.5 Å². The largest absolute Gasteiger partial charge is 0.504 e. The highest BCUT2D eigenvalue weighted by molar-refractivity contribution is 6.04. The van der Waals surface area contributed by atoms with Crippen LogP contribution in [0.4, 0.5) is 0 Å². The zero-order valence-corrected chi connectivity index (χ0v) is 13.9. The van der Waals surface area contributed by atoms with Crippen molar-refractivity contribution in [3.8, 4) is 11.5 Å². The lowest BCUT2D eigenvalue weighted by Gasteiger charge is -2.06. The average molecular weight is 340 g/mol. The van der Waals surface area contributed by atoms with Crippen LogP contribution in [0.1, 0.15) is 11.1 Å². The minimum absolute atomic E-state index is 0.178. The molecule has 26 heavy (non-hydrogen) atoms. The second-order valence-electron chi connectivity index (χ2n) is 5.94. The molecule has 0 heterocycles. The van der Waals surface area contributed by atoms with Gasteiger partial charge in [0.15, 0.2) is 11.5 Å². The number of fused-ring (bicyclic) bond motifs is 2. The molecule has 4 aromatic rings. The minimum Gasteiger partial charge on any atom is -0.504 e. The lowest BCUT2D eigenvalue weighted by molar-refractivity contribution is 0.404. The molecule has 0 fully saturated rings. The summed E-state index contributed by atoms with van der Waals surface area (Å²) in [6.45, 7) is 0. The van der Waals surface area contributed by atoms with Gasteiger partial charge in [-0.25, -0.2) is 0 Å². The van der Waals surface area contributed by atoms with E-state index in [0.717, 1.165) is 27.1 Å². The van der Waals surface area contributed by atoms with Gasteiger partial charge >= 0.3 is 0 Å². The van der Waals surface area contributed by atoms with Crippen LogP contribution in [-0.4, -0.2) is 22.6 Å². The number of phenolic OH excluding ortho intramolecular Hbond substituents is 2. The van der Waals surface area contributed by atoms with Crippen LogP contribution in [-0.2, 0) is 0 Å². The van der Waals surface area contributed by atoms with Crippen molar-refractivity contribution < 1.29 is 10.2 Å². The van der Waals surface area contributed by atoms with Gasteiger partial charge in [0.2, 0.25) is 0 Å². The molecule has 0 atom stereocenters.